The van der Waals surface area contributed by atoms with Crippen molar-refractivity contribution in [1.82, 2.24) is 10.2 Å². The van der Waals surface area contributed by atoms with Gasteiger partial charge in [0.05, 0.1) is 6.61 Å². The summed E-state index contributed by atoms with van der Waals surface area (Å²) < 4.78 is 17.5. The van der Waals surface area contributed by atoms with Gasteiger partial charge in [0.25, 0.3) is 0 Å². The van der Waals surface area contributed by atoms with Crippen LogP contribution in [0.3, 0.4) is 0 Å². The smallest absolute Gasteiger partial charge is 0.238 e. The summed E-state index contributed by atoms with van der Waals surface area (Å²) in [5, 5.41) is 47.3. The lowest BCUT2D eigenvalue weighted by atomic mass is 9.98. The zero-order valence-corrected chi connectivity index (χ0v) is 19.0. The van der Waals surface area contributed by atoms with Crippen molar-refractivity contribution in [2.45, 2.75) is 56.9 Å². The van der Waals surface area contributed by atoms with Crippen molar-refractivity contribution in [2.75, 3.05) is 6.61 Å². The zero-order valence-electron chi connectivity index (χ0n) is 19.0. The molecule has 0 spiro atoms. The van der Waals surface area contributed by atoms with Crippen LogP contribution in [0.2, 0.25) is 0 Å². The molecule has 1 aliphatic heterocycles. The SMILES string of the molecule is CC(C)c1[nH]nc(OC2O[C@H](CO)[C@@H](O)[C@H](O)[C@H]2O)c1Cc1ccccc1Oc1ccccc1. The average Bonchev–Trinajstić information content (AvgIpc) is 3.23. The van der Waals surface area contributed by atoms with Gasteiger partial charge in [-0.1, -0.05) is 50.2 Å². The van der Waals surface area contributed by atoms with Gasteiger partial charge in [-0.2, -0.15) is 0 Å². The predicted molar refractivity (Wildman–Crippen MR) is 123 cm³/mol. The van der Waals surface area contributed by atoms with E-state index in [2.05, 4.69) is 10.2 Å². The Bertz CT molecular complexity index is 1070. The van der Waals surface area contributed by atoms with E-state index in [0.29, 0.717) is 17.9 Å². The van der Waals surface area contributed by atoms with Crippen LogP contribution < -0.4 is 9.47 Å². The number of H-pyrrole nitrogens is 1. The van der Waals surface area contributed by atoms with Crippen molar-refractivity contribution in [3.05, 3.63) is 71.4 Å². The van der Waals surface area contributed by atoms with E-state index in [-0.39, 0.29) is 11.8 Å². The molecule has 9 nitrogen and oxygen atoms in total. The number of hydrogen-bond acceptors (Lipinski definition) is 8. The Hall–Kier alpha value is -2.95. The third-order valence-electron chi connectivity index (χ3n) is 5.83. The molecule has 1 aliphatic rings. The van der Waals surface area contributed by atoms with Crippen molar-refractivity contribution in [3.8, 4) is 17.4 Å². The minimum absolute atomic E-state index is 0.0943. The van der Waals surface area contributed by atoms with Crippen molar-refractivity contribution < 1.29 is 34.6 Å². The highest BCUT2D eigenvalue weighted by Crippen LogP contribution is 2.34. The highest BCUT2D eigenvalue weighted by atomic mass is 16.7. The number of para-hydroxylation sites is 2. The molecule has 2 heterocycles. The summed E-state index contributed by atoms with van der Waals surface area (Å²) in [7, 11) is 0. The molecule has 1 unspecified atom stereocenters. The number of nitrogens with zero attached hydrogens (tertiary/aromatic N) is 1. The maximum Gasteiger partial charge on any atom is 0.238 e. The summed E-state index contributed by atoms with van der Waals surface area (Å²) >= 11 is 0. The summed E-state index contributed by atoms with van der Waals surface area (Å²) in [4.78, 5) is 0. The maximum absolute atomic E-state index is 10.4. The zero-order chi connectivity index (χ0) is 24.2. The van der Waals surface area contributed by atoms with Crippen LogP contribution in [0.15, 0.2) is 54.6 Å². The number of hydrogen-bond donors (Lipinski definition) is 5. The molecule has 0 amide bonds. The fraction of sp³-hybridized carbons (Fsp3) is 0.400. The highest BCUT2D eigenvalue weighted by Gasteiger charge is 2.45. The van der Waals surface area contributed by atoms with Crippen molar-refractivity contribution in [1.29, 1.82) is 0 Å². The molecule has 0 saturated carbocycles. The number of aromatic nitrogens is 2. The van der Waals surface area contributed by atoms with E-state index in [0.717, 1.165) is 16.8 Å². The Morgan fingerprint density at radius 2 is 1.68 bits per heavy atom. The van der Waals surface area contributed by atoms with Crippen LogP contribution in [0.25, 0.3) is 0 Å². The van der Waals surface area contributed by atoms with Crippen molar-refractivity contribution in [2.24, 2.45) is 0 Å². The molecule has 182 valence electrons. The molecule has 9 heteroatoms. The monoisotopic (exact) mass is 470 g/mol. The first-order chi connectivity index (χ1) is 16.4. The van der Waals surface area contributed by atoms with Gasteiger partial charge in [-0.15, -0.1) is 5.10 Å². The lowest BCUT2D eigenvalue weighted by molar-refractivity contribution is -0.278. The molecule has 0 aliphatic carbocycles. The van der Waals surface area contributed by atoms with E-state index in [1.54, 1.807) is 0 Å². The van der Waals surface area contributed by atoms with E-state index >= 15 is 0 Å². The molecular formula is C25H30N2O7. The number of nitrogens with one attached hydrogen (secondary N) is 1. The summed E-state index contributed by atoms with van der Waals surface area (Å²) in [6, 6.07) is 17.1. The highest BCUT2D eigenvalue weighted by molar-refractivity contribution is 5.44. The average molecular weight is 471 g/mol. The number of aromatic amines is 1. The standard InChI is InChI=1S/C25H30N2O7/c1-14(2)20-17(12-15-8-6-7-11-18(15)32-16-9-4-3-5-10-16)24(27-26-20)34-25-23(31)22(30)21(29)19(13-28)33-25/h3-11,14,19,21-23,25,28-31H,12-13H2,1-2H3,(H,26,27)/t19-,21-,22+,23-,25?/m1/s1. The van der Waals surface area contributed by atoms with Crippen LogP contribution in [0.4, 0.5) is 0 Å². The third kappa shape index (κ3) is 5.08. The topological polar surface area (TPSA) is 137 Å². The normalized spacial score (nSPS) is 24.9. The first kappa shape index (κ1) is 24.2. The van der Waals surface area contributed by atoms with Crippen molar-refractivity contribution in [3.63, 3.8) is 0 Å². The summed E-state index contributed by atoms with van der Waals surface area (Å²) in [6.45, 7) is 3.49. The third-order valence-corrected chi connectivity index (χ3v) is 5.83. The summed E-state index contributed by atoms with van der Waals surface area (Å²) in [5.74, 6) is 1.69. The molecule has 0 radical (unpaired) electrons. The fourth-order valence-electron chi connectivity index (χ4n) is 3.94. The van der Waals surface area contributed by atoms with E-state index < -0.39 is 37.3 Å². The van der Waals surface area contributed by atoms with Gasteiger partial charge in [-0.25, -0.2) is 0 Å². The van der Waals surface area contributed by atoms with Gasteiger partial charge in [-0.05, 0) is 29.7 Å². The van der Waals surface area contributed by atoms with Gasteiger partial charge < -0.3 is 34.6 Å². The second-order valence-corrected chi connectivity index (χ2v) is 8.59. The molecule has 2 aromatic carbocycles. The van der Waals surface area contributed by atoms with Gasteiger partial charge in [0.2, 0.25) is 12.2 Å². The molecule has 3 aromatic rings. The van der Waals surface area contributed by atoms with Crippen LogP contribution in [0, 0.1) is 0 Å². The van der Waals surface area contributed by atoms with E-state index in [9.17, 15) is 20.4 Å². The lowest BCUT2D eigenvalue weighted by Crippen LogP contribution is -2.60. The minimum Gasteiger partial charge on any atom is -0.457 e. The Morgan fingerprint density at radius 1 is 0.971 bits per heavy atom. The lowest BCUT2D eigenvalue weighted by Gasteiger charge is -2.39. The number of rotatable bonds is 8. The van der Waals surface area contributed by atoms with Gasteiger partial charge in [-0.3, -0.25) is 5.10 Å². The Balaban J connectivity index is 1.62. The Kier molecular flexibility index (Phi) is 7.50. The summed E-state index contributed by atoms with van der Waals surface area (Å²) in [6.07, 6.45) is -6.52. The van der Waals surface area contributed by atoms with Gasteiger partial charge in [0, 0.05) is 17.7 Å². The van der Waals surface area contributed by atoms with Crippen LogP contribution in [0.1, 0.15) is 36.6 Å². The first-order valence-electron chi connectivity index (χ1n) is 11.2. The molecule has 5 atom stereocenters. The number of ether oxygens (including phenoxy) is 3. The largest absolute Gasteiger partial charge is 0.457 e. The molecule has 1 fully saturated rings. The second kappa shape index (κ2) is 10.5. The fourth-order valence-corrected chi connectivity index (χ4v) is 3.94. The second-order valence-electron chi connectivity index (χ2n) is 8.59. The first-order valence-corrected chi connectivity index (χ1v) is 11.2. The quantitative estimate of drug-likeness (QED) is 0.338. The van der Waals surface area contributed by atoms with Crippen molar-refractivity contribution >= 4 is 0 Å². The summed E-state index contributed by atoms with van der Waals surface area (Å²) in [5.41, 5.74) is 2.48. The minimum atomic E-state index is -1.54. The van der Waals surface area contributed by atoms with Gasteiger partial charge >= 0.3 is 0 Å². The van der Waals surface area contributed by atoms with E-state index in [1.165, 1.54) is 0 Å². The number of aliphatic hydroxyl groups excluding tert-OH is 4. The molecule has 4 rings (SSSR count). The van der Waals surface area contributed by atoms with Crippen LogP contribution in [-0.4, -0.2) is 67.9 Å². The van der Waals surface area contributed by atoms with Crippen LogP contribution >= 0.6 is 0 Å². The van der Waals surface area contributed by atoms with Gasteiger partial charge in [0.15, 0.2) is 0 Å². The molecule has 1 saturated heterocycles. The molecular weight excluding hydrogens is 440 g/mol. The molecule has 34 heavy (non-hydrogen) atoms. The maximum atomic E-state index is 10.4. The molecule has 1 aromatic heterocycles. The molecule has 5 N–H and O–H groups in total. The predicted octanol–water partition coefficient (Wildman–Crippen LogP) is 2.09. The Morgan fingerprint density at radius 3 is 2.38 bits per heavy atom. The van der Waals surface area contributed by atoms with E-state index in [1.807, 2.05) is 68.4 Å². The van der Waals surface area contributed by atoms with Gasteiger partial charge in [0.1, 0.15) is 35.9 Å². The van der Waals surface area contributed by atoms with E-state index in [4.69, 9.17) is 14.2 Å². The number of aliphatic hydroxyl groups is 4. The Labute approximate surface area is 197 Å². The molecule has 0 bridgehead atoms. The van der Waals surface area contributed by atoms with Crippen LogP contribution in [0.5, 0.6) is 17.4 Å². The van der Waals surface area contributed by atoms with Crippen LogP contribution in [-0.2, 0) is 11.2 Å². The number of benzene rings is 2.